The Bertz CT molecular complexity index is 344. The highest BCUT2D eigenvalue weighted by Gasteiger charge is 2.05. The topological polar surface area (TPSA) is 27.0 Å². The first kappa shape index (κ1) is 10.2. The van der Waals surface area contributed by atoms with Crippen molar-refractivity contribution in [2.24, 2.45) is 0 Å². The van der Waals surface area contributed by atoms with Gasteiger partial charge < -0.3 is 4.90 Å². The molecule has 0 unspecified atom stereocenters. The molecule has 0 aliphatic heterocycles. The summed E-state index contributed by atoms with van der Waals surface area (Å²) in [5.74, 6) is 0. The molecule has 0 amide bonds. The Morgan fingerprint density at radius 3 is 2.69 bits per heavy atom. The molecule has 0 atom stereocenters. The van der Waals surface area contributed by atoms with Crippen LogP contribution in [0.25, 0.3) is 0 Å². The number of hydrogen-bond donors (Lipinski definition) is 0. The quantitative estimate of drug-likeness (QED) is 0.709. The van der Waals surface area contributed by atoms with Crippen LogP contribution in [0.3, 0.4) is 0 Å². The Kier molecular flexibility index (Phi) is 3.41. The zero-order valence-corrected chi connectivity index (χ0v) is 8.60. The zero-order chi connectivity index (χ0) is 9.84. The van der Waals surface area contributed by atoms with Gasteiger partial charge in [-0.25, -0.2) is 0 Å². The maximum Gasteiger partial charge on any atom is 0.105 e. The fourth-order valence-corrected chi connectivity index (χ4v) is 1.53. The molecule has 0 N–H and O–H groups in total. The molecule has 68 valence electrons. The standard InChI is InChI=1S/C9H8Cl2N2/c1-13(5-4-12)9-3-2-7(10)6-8(9)11/h2-3,6H,5H2,1H3. The van der Waals surface area contributed by atoms with Crippen LogP contribution >= 0.6 is 23.2 Å². The molecule has 1 aromatic carbocycles. The normalized spacial score (nSPS) is 9.38. The van der Waals surface area contributed by atoms with E-state index in [1.807, 2.05) is 6.07 Å². The first-order valence-electron chi connectivity index (χ1n) is 3.68. The van der Waals surface area contributed by atoms with E-state index in [1.54, 1.807) is 30.1 Å². The first-order valence-corrected chi connectivity index (χ1v) is 4.44. The second-order valence-corrected chi connectivity index (χ2v) is 3.45. The summed E-state index contributed by atoms with van der Waals surface area (Å²) in [7, 11) is 1.80. The highest BCUT2D eigenvalue weighted by Crippen LogP contribution is 2.27. The van der Waals surface area contributed by atoms with Crippen LogP contribution < -0.4 is 4.90 Å². The summed E-state index contributed by atoms with van der Waals surface area (Å²) in [6.07, 6.45) is 0. The third-order valence-electron chi connectivity index (χ3n) is 1.63. The zero-order valence-electron chi connectivity index (χ0n) is 7.09. The minimum atomic E-state index is 0.307. The summed E-state index contributed by atoms with van der Waals surface area (Å²) in [4.78, 5) is 1.76. The minimum absolute atomic E-state index is 0.307. The van der Waals surface area contributed by atoms with Gasteiger partial charge in [-0.3, -0.25) is 0 Å². The Morgan fingerprint density at radius 2 is 2.15 bits per heavy atom. The van der Waals surface area contributed by atoms with Crippen LogP contribution in [0, 0.1) is 11.3 Å². The molecule has 0 heterocycles. The number of nitriles is 1. The molecule has 0 aromatic heterocycles. The summed E-state index contributed by atoms with van der Waals surface area (Å²) in [6.45, 7) is 0.307. The fourth-order valence-electron chi connectivity index (χ4n) is 0.982. The fraction of sp³-hybridized carbons (Fsp3) is 0.222. The van der Waals surface area contributed by atoms with Crippen molar-refractivity contribution in [1.29, 1.82) is 5.26 Å². The van der Waals surface area contributed by atoms with Crippen molar-refractivity contribution in [1.82, 2.24) is 0 Å². The van der Waals surface area contributed by atoms with Gasteiger partial charge >= 0.3 is 0 Å². The molecule has 1 aromatic rings. The molecule has 13 heavy (non-hydrogen) atoms. The monoisotopic (exact) mass is 214 g/mol. The van der Waals surface area contributed by atoms with Gasteiger partial charge in [0, 0.05) is 12.1 Å². The van der Waals surface area contributed by atoms with Crippen molar-refractivity contribution in [3.63, 3.8) is 0 Å². The summed E-state index contributed by atoms with van der Waals surface area (Å²) >= 11 is 11.7. The number of hydrogen-bond acceptors (Lipinski definition) is 2. The van der Waals surface area contributed by atoms with Crippen molar-refractivity contribution in [3.05, 3.63) is 28.2 Å². The van der Waals surface area contributed by atoms with E-state index in [0.29, 0.717) is 16.6 Å². The second-order valence-electron chi connectivity index (χ2n) is 2.61. The molecule has 0 aliphatic rings. The van der Waals surface area contributed by atoms with E-state index in [2.05, 4.69) is 0 Å². The van der Waals surface area contributed by atoms with E-state index in [9.17, 15) is 0 Å². The molecule has 0 saturated heterocycles. The molecule has 0 bridgehead atoms. The lowest BCUT2D eigenvalue weighted by atomic mass is 10.3. The largest absolute Gasteiger partial charge is 0.360 e. The molecule has 1 rings (SSSR count). The Balaban J connectivity index is 2.96. The lowest BCUT2D eigenvalue weighted by Crippen LogP contribution is -2.17. The van der Waals surface area contributed by atoms with Crippen LogP contribution in [0.2, 0.25) is 10.0 Å². The van der Waals surface area contributed by atoms with E-state index in [4.69, 9.17) is 28.5 Å². The number of benzene rings is 1. The molecule has 2 nitrogen and oxygen atoms in total. The Labute approximate surface area is 87.3 Å². The van der Waals surface area contributed by atoms with Crippen LogP contribution in [-0.2, 0) is 0 Å². The van der Waals surface area contributed by atoms with Gasteiger partial charge in [0.15, 0.2) is 0 Å². The Morgan fingerprint density at radius 1 is 1.46 bits per heavy atom. The van der Waals surface area contributed by atoms with Crippen LogP contribution in [0.5, 0.6) is 0 Å². The molecule has 0 saturated carbocycles. The third kappa shape index (κ3) is 2.51. The molecule has 0 aliphatic carbocycles. The van der Waals surface area contributed by atoms with Crippen LogP contribution in [0.15, 0.2) is 18.2 Å². The Hall–Kier alpha value is -0.910. The predicted octanol–water partition coefficient (Wildman–Crippen LogP) is 2.95. The van der Waals surface area contributed by atoms with Gasteiger partial charge in [0.25, 0.3) is 0 Å². The average Bonchev–Trinajstić information content (AvgIpc) is 2.04. The highest BCUT2D eigenvalue weighted by atomic mass is 35.5. The van der Waals surface area contributed by atoms with Crippen LogP contribution in [0.1, 0.15) is 0 Å². The van der Waals surface area contributed by atoms with Gasteiger partial charge in [0.1, 0.15) is 6.54 Å². The SMILES string of the molecule is CN(CC#N)c1ccc(Cl)cc1Cl. The lowest BCUT2D eigenvalue weighted by Gasteiger charge is -2.16. The van der Waals surface area contributed by atoms with Crippen molar-refractivity contribution in [3.8, 4) is 6.07 Å². The van der Waals surface area contributed by atoms with E-state index >= 15 is 0 Å². The highest BCUT2D eigenvalue weighted by molar-refractivity contribution is 6.36. The predicted molar refractivity (Wildman–Crippen MR) is 55.3 cm³/mol. The summed E-state index contributed by atoms with van der Waals surface area (Å²) in [5, 5.41) is 9.64. The van der Waals surface area contributed by atoms with Gasteiger partial charge in [0.05, 0.1) is 16.8 Å². The number of nitrogens with zero attached hydrogens (tertiary/aromatic N) is 2. The minimum Gasteiger partial charge on any atom is -0.360 e. The van der Waals surface area contributed by atoms with Crippen LogP contribution in [0.4, 0.5) is 5.69 Å². The summed E-state index contributed by atoms with van der Waals surface area (Å²) < 4.78 is 0. The maximum atomic E-state index is 8.48. The van der Waals surface area contributed by atoms with Crippen LogP contribution in [-0.4, -0.2) is 13.6 Å². The third-order valence-corrected chi connectivity index (χ3v) is 2.17. The smallest absolute Gasteiger partial charge is 0.105 e. The van der Waals surface area contributed by atoms with Gasteiger partial charge in [-0.1, -0.05) is 23.2 Å². The van der Waals surface area contributed by atoms with Gasteiger partial charge in [-0.05, 0) is 18.2 Å². The first-order chi connectivity index (χ1) is 6.15. The van der Waals surface area contributed by atoms with Crippen molar-refractivity contribution >= 4 is 28.9 Å². The van der Waals surface area contributed by atoms with E-state index in [-0.39, 0.29) is 0 Å². The second kappa shape index (κ2) is 4.36. The van der Waals surface area contributed by atoms with Crippen molar-refractivity contribution in [2.75, 3.05) is 18.5 Å². The molecular weight excluding hydrogens is 207 g/mol. The number of anilines is 1. The summed E-state index contributed by atoms with van der Waals surface area (Å²) in [5.41, 5.74) is 0.813. The van der Waals surface area contributed by atoms with Crippen molar-refractivity contribution in [2.45, 2.75) is 0 Å². The molecule has 0 spiro atoms. The van der Waals surface area contributed by atoms with Crippen molar-refractivity contribution < 1.29 is 0 Å². The van der Waals surface area contributed by atoms with Gasteiger partial charge in [0.2, 0.25) is 0 Å². The molecule has 0 fully saturated rings. The number of rotatable bonds is 2. The lowest BCUT2D eigenvalue weighted by molar-refractivity contribution is 1.04. The van der Waals surface area contributed by atoms with Gasteiger partial charge in [-0.2, -0.15) is 5.26 Å². The maximum absolute atomic E-state index is 8.48. The van der Waals surface area contributed by atoms with E-state index < -0.39 is 0 Å². The van der Waals surface area contributed by atoms with E-state index in [0.717, 1.165) is 5.69 Å². The molecule has 4 heteroatoms. The average molecular weight is 215 g/mol. The summed E-state index contributed by atoms with van der Waals surface area (Å²) in [6, 6.07) is 7.24. The molecular formula is C9H8Cl2N2. The molecule has 0 radical (unpaired) electrons. The van der Waals surface area contributed by atoms with Gasteiger partial charge in [-0.15, -0.1) is 0 Å². The number of halogens is 2. The van der Waals surface area contributed by atoms with E-state index in [1.165, 1.54) is 0 Å².